The van der Waals surface area contributed by atoms with Gasteiger partial charge in [0.25, 0.3) is 0 Å². The molecule has 3 rings (SSSR count). The Labute approximate surface area is 195 Å². The van der Waals surface area contributed by atoms with Crippen LogP contribution in [-0.2, 0) is 9.47 Å². The van der Waals surface area contributed by atoms with Crippen LogP contribution in [0.1, 0.15) is 12.8 Å². The zero-order chi connectivity index (χ0) is 23.1. The maximum Gasteiger partial charge on any atom is 0.227 e. The summed E-state index contributed by atoms with van der Waals surface area (Å²) in [7, 11) is 3.40. The van der Waals surface area contributed by atoms with Crippen LogP contribution in [0.4, 0.5) is 0 Å². The zero-order valence-corrected chi connectivity index (χ0v) is 19.6. The number of hydrogen-bond acceptors (Lipinski definition) is 8. The molecule has 8 nitrogen and oxygen atoms in total. The van der Waals surface area contributed by atoms with Gasteiger partial charge in [0.1, 0.15) is 17.0 Å². The molecule has 0 spiro atoms. The van der Waals surface area contributed by atoms with Gasteiger partial charge >= 0.3 is 0 Å². The number of nitrogens with zero attached hydrogens (tertiary/aromatic N) is 1. The van der Waals surface area contributed by atoms with Crippen LogP contribution in [0.5, 0.6) is 11.5 Å². The summed E-state index contributed by atoms with van der Waals surface area (Å²) in [4.78, 5) is 4.60. The fourth-order valence-corrected chi connectivity index (χ4v) is 3.18. The summed E-state index contributed by atoms with van der Waals surface area (Å²) in [6.45, 7) is 6.24. The number of rotatable bonds is 17. The SMILES string of the molecule is COCCNCCCOc1ccc(-c2nc3ccc(OCCCNCCOC)cc3o2)cc1. The lowest BCUT2D eigenvalue weighted by Gasteiger charge is -2.07. The molecule has 0 saturated carbocycles. The van der Waals surface area contributed by atoms with Crippen molar-refractivity contribution in [3.63, 3.8) is 0 Å². The monoisotopic (exact) mass is 457 g/mol. The van der Waals surface area contributed by atoms with E-state index in [9.17, 15) is 0 Å². The third-order valence-corrected chi connectivity index (χ3v) is 4.96. The van der Waals surface area contributed by atoms with Gasteiger partial charge in [0.2, 0.25) is 5.89 Å². The summed E-state index contributed by atoms with van der Waals surface area (Å²) < 4.78 is 27.6. The Morgan fingerprint density at radius 3 is 1.97 bits per heavy atom. The Bertz CT molecular complexity index is 929. The fraction of sp³-hybridized carbons (Fsp3) is 0.480. The van der Waals surface area contributed by atoms with E-state index < -0.39 is 0 Å². The van der Waals surface area contributed by atoms with Crippen LogP contribution in [0.2, 0.25) is 0 Å². The Balaban J connectivity index is 1.45. The molecule has 180 valence electrons. The Hall–Kier alpha value is -2.65. The van der Waals surface area contributed by atoms with Crippen LogP contribution < -0.4 is 20.1 Å². The van der Waals surface area contributed by atoms with E-state index in [-0.39, 0.29) is 0 Å². The molecule has 0 aliphatic heterocycles. The summed E-state index contributed by atoms with van der Waals surface area (Å²) in [5.74, 6) is 2.19. The molecule has 0 unspecified atom stereocenters. The van der Waals surface area contributed by atoms with E-state index in [4.69, 9.17) is 23.4 Å². The predicted molar refractivity (Wildman–Crippen MR) is 129 cm³/mol. The molecule has 0 fully saturated rings. The Morgan fingerprint density at radius 2 is 1.33 bits per heavy atom. The lowest BCUT2D eigenvalue weighted by molar-refractivity contribution is 0.198. The number of ether oxygens (including phenoxy) is 4. The molecule has 2 aromatic carbocycles. The van der Waals surface area contributed by atoms with E-state index >= 15 is 0 Å². The average Bonchev–Trinajstić information content (AvgIpc) is 3.27. The second kappa shape index (κ2) is 14.5. The molecule has 3 aromatic rings. The van der Waals surface area contributed by atoms with Gasteiger partial charge in [0.15, 0.2) is 5.58 Å². The molecule has 0 saturated heterocycles. The van der Waals surface area contributed by atoms with Crippen LogP contribution in [-0.4, -0.2) is 71.8 Å². The highest BCUT2D eigenvalue weighted by molar-refractivity contribution is 5.77. The number of nitrogens with one attached hydrogen (secondary N) is 2. The molecule has 1 heterocycles. The topological polar surface area (TPSA) is 87.0 Å². The summed E-state index contributed by atoms with van der Waals surface area (Å²) in [6, 6.07) is 13.5. The van der Waals surface area contributed by atoms with E-state index in [1.807, 2.05) is 42.5 Å². The molecule has 0 aliphatic rings. The van der Waals surface area contributed by atoms with E-state index in [0.717, 1.165) is 68.2 Å². The lowest BCUT2D eigenvalue weighted by atomic mass is 10.2. The van der Waals surface area contributed by atoms with Gasteiger partial charge in [-0.3, -0.25) is 0 Å². The maximum absolute atomic E-state index is 5.98. The number of hydrogen-bond donors (Lipinski definition) is 2. The number of benzene rings is 2. The first-order chi connectivity index (χ1) is 16.3. The summed E-state index contributed by atoms with van der Waals surface area (Å²) >= 11 is 0. The highest BCUT2D eigenvalue weighted by atomic mass is 16.5. The van der Waals surface area contributed by atoms with Crippen molar-refractivity contribution in [1.82, 2.24) is 15.6 Å². The van der Waals surface area contributed by atoms with Crippen molar-refractivity contribution in [3.8, 4) is 23.0 Å². The van der Waals surface area contributed by atoms with Gasteiger partial charge < -0.3 is 34.0 Å². The normalized spacial score (nSPS) is 11.2. The number of oxazole rings is 1. The van der Waals surface area contributed by atoms with Crippen LogP contribution in [0, 0.1) is 0 Å². The van der Waals surface area contributed by atoms with Crippen LogP contribution in [0.3, 0.4) is 0 Å². The lowest BCUT2D eigenvalue weighted by Crippen LogP contribution is -2.21. The van der Waals surface area contributed by atoms with E-state index in [2.05, 4.69) is 15.6 Å². The molecule has 0 aliphatic carbocycles. The van der Waals surface area contributed by atoms with Crippen molar-refractivity contribution in [3.05, 3.63) is 42.5 Å². The first-order valence-corrected chi connectivity index (χ1v) is 11.5. The van der Waals surface area contributed by atoms with E-state index in [1.54, 1.807) is 14.2 Å². The quantitative estimate of drug-likeness (QED) is 0.298. The first kappa shape index (κ1) is 25.0. The van der Waals surface area contributed by atoms with Crippen molar-refractivity contribution in [2.75, 3.05) is 66.8 Å². The molecule has 0 amide bonds. The summed E-state index contributed by atoms with van der Waals surface area (Å²) in [5, 5.41) is 6.60. The smallest absolute Gasteiger partial charge is 0.227 e. The van der Waals surface area contributed by atoms with Crippen molar-refractivity contribution in [2.24, 2.45) is 0 Å². The van der Waals surface area contributed by atoms with Crippen molar-refractivity contribution >= 4 is 11.1 Å². The van der Waals surface area contributed by atoms with E-state index in [1.165, 1.54) is 0 Å². The van der Waals surface area contributed by atoms with Gasteiger partial charge in [0, 0.05) is 38.9 Å². The van der Waals surface area contributed by atoms with Gasteiger partial charge in [-0.05, 0) is 62.3 Å². The van der Waals surface area contributed by atoms with Gasteiger partial charge in [0.05, 0.1) is 26.4 Å². The molecule has 0 atom stereocenters. The zero-order valence-electron chi connectivity index (χ0n) is 19.6. The largest absolute Gasteiger partial charge is 0.494 e. The Kier molecular flexibility index (Phi) is 11.0. The minimum Gasteiger partial charge on any atom is -0.494 e. The van der Waals surface area contributed by atoms with E-state index in [0.29, 0.717) is 31.3 Å². The highest BCUT2D eigenvalue weighted by Crippen LogP contribution is 2.28. The molecule has 0 bridgehead atoms. The number of methoxy groups -OCH3 is 2. The van der Waals surface area contributed by atoms with Gasteiger partial charge in [-0.2, -0.15) is 0 Å². The highest BCUT2D eigenvalue weighted by Gasteiger charge is 2.10. The molecular weight excluding hydrogens is 422 g/mol. The second-order valence-corrected chi connectivity index (χ2v) is 7.56. The van der Waals surface area contributed by atoms with Crippen molar-refractivity contribution in [2.45, 2.75) is 12.8 Å². The van der Waals surface area contributed by atoms with Crippen LogP contribution >= 0.6 is 0 Å². The maximum atomic E-state index is 5.98. The van der Waals surface area contributed by atoms with Gasteiger partial charge in [-0.25, -0.2) is 4.98 Å². The molecule has 2 N–H and O–H groups in total. The van der Waals surface area contributed by atoms with Gasteiger partial charge in [-0.15, -0.1) is 0 Å². The van der Waals surface area contributed by atoms with Gasteiger partial charge in [-0.1, -0.05) is 0 Å². The van der Waals surface area contributed by atoms with Crippen molar-refractivity contribution in [1.29, 1.82) is 0 Å². The number of fused-ring (bicyclic) bond motifs is 1. The third-order valence-electron chi connectivity index (χ3n) is 4.96. The molecule has 33 heavy (non-hydrogen) atoms. The predicted octanol–water partition coefficient (Wildman–Crippen LogP) is 3.50. The Morgan fingerprint density at radius 1 is 0.727 bits per heavy atom. The standard InChI is InChI=1S/C25H35N3O5/c1-29-17-13-26-11-3-15-31-21-7-5-20(6-8-21)25-28-23-10-9-22(19-24(23)33-25)32-16-4-12-27-14-18-30-2/h5-10,19,26-27H,3-4,11-18H2,1-2H3. The first-order valence-electron chi connectivity index (χ1n) is 11.5. The third kappa shape index (κ3) is 8.66. The second-order valence-electron chi connectivity index (χ2n) is 7.56. The molecule has 0 radical (unpaired) electrons. The summed E-state index contributed by atoms with van der Waals surface area (Å²) in [6.07, 6.45) is 1.85. The number of aromatic nitrogens is 1. The fourth-order valence-electron chi connectivity index (χ4n) is 3.18. The minimum atomic E-state index is 0.582. The summed E-state index contributed by atoms with van der Waals surface area (Å²) in [5.41, 5.74) is 2.42. The molecular formula is C25H35N3O5. The van der Waals surface area contributed by atoms with Crippen LogP contribution in [0.15, 0.2) is 46.9 Å². The minimum absolute atomic E-state index is 0.582. The molecule has 8 heteroatoms. The van der Waals surface area contributed by atoms with Crippen molar-refractivity contribution < 1.29 is 23.4 Å². The van der Waals surface area contributed by atoms with Crippen LogP contribution in [0.25, 0.3) is 22.6 Å². The average molecular weight is 458 g/mol. The molecule has 1 aromatic heterocycles.